The fourth-order valence-corrected chi connectivity index (χ4v) is 1.53. The SMILES string of the molecule is CC(CN)c1cc(Cl)c(O)cc1C(F)(F)F. The van der Waals surface area contributed by atoms with Gasteiger partial charge in [0.25, 0.3) is 0 Å². The fourth-order valence-electron chi connectivity index (χ4n) is 1.36. The monoisotopic (exact) mass is 253 g/mol. The van der Waals surface area contributed by atoms with Crippen molar-refractivity contribution in [1.82, 2.24) is 0 Å². The molecule has 0 aromatic heterocycles. The molecule has 0 bridgehead atoms. The third-order valence-electron chi connectivity index (χ3n) is 2.31. The Kier molecular flexibility index (Phi) is 3.70. The van der Waals surface area contributed by atoms with Crippen molar-refractivity contribution < 1.29 is 18.3 Å². The third-order valence-corrected chi connectivity index (χ3v) is 2.61. The second kappa shape index (κ2) is 4.51. The van der Waals surface area contributed by atoms with Crippen LogP contribution in [0.2, 0.25) is 5.02 Å². The number of phenols is 1. The quantitative estimate of drug-likeness (QED) is 0.851. The minimum atomic E-state index is -4.53. The van der Waals surface area contributed by atoms with E-state index in [-0.39, 0.29) is 17.1 Å². The van der Waals surface area contributed by atoms with E-state index < -0.39 is 23.4 Å². The zero-order valence-electron chi connectivity index (χ0n) is 8.48. The summed E-state index contributed by atoms with van der Waals surface area (Å²) in [5.74, 6) is -1.06. The molecule has 1 aromatic rings. The van der Waals surface area contributed by atoms with Gasteiger partial charge in [-0.05, 0) is 30.2 Å². The maximum Gasteiger partial charge on any atom is 0.416 e. The lowest BCUT2D eigenvalue weighted by atomic mass is 9.95. The van der Waals surface area contributed by atoms with Gasteiger partial charge in [-0.3, -0.25) is 0 Å². The first-order chi connectivity index (χ1) is 7.27. The van der Waals surface area contributed by atoms with E-state index in [1.165, 1.54) is 0 Å². The normalized spacial score (nSPS) is 13.9. The summed E-state index contributed by atoms with van der Waals surface area (Å²) in [6, 6.07) is 1.74. The average molecular weight is 254 g/mol. The van der Waals surface area contributed by atoms with Gasteiger partial charge in [0.1, 0.15) is 5.75 Å². The number of halogens is 4. The predicted molar refractivity (Wildman–Crippen MR) is 55.6 cm³/mol. The zero-order chi connectivity index (χ0) is 12.5. The maximum absolute atomic E-state index is 12.7. The Balaban J connectivity index is 3.39. The molecule has 0 fully saturated rings. The minimum Gasteiger partial charge on any atom is -0.506 e. The van der Waals surface area contributed by atoms with Crippen molar-refractivity contribution in [2.75, 3.05) is 6.54 Å². The molecule has 1 unspecified atom stereocenters. The summed E-state index contributed by atoms with van der Waals surface area (Å²) >= 11 is 5.58. The number of phenolic OH excluding ortho intramolecular Hbond substituents is 1. The van der Waals surface area contributed by atoms with Crippen LogP contribution in [0, 0.1) is 0 Å². The van der Waals surface area contributed by atoms with Gasteiger partial charge < -0.3 is 10.8 Å². The van der Waals surface area contributed by atoms with Crippen molar-refractivity contribution in [3.63, 3.8) is 0 Å². The van der Waals surface area contributed by atoms with Crippen molar-refractivity contribution >= 4 is 11.6 Å². The van der Waals surface area contributed by atoms with E-state index in [1.54, 1.807) is 6.92 Å². The highest BCUT2D eigenvalue weighted by Gasteiger charge is 2.35. The van der Waals surface area contributed by atoms with Crippen LogP contribution < -0.4 is 5.73 Å². The van der Waals surface area contributed by atoms with Gasteiger partial charge in [0.2, 0.25) is 0 Å². The van der Waals surface area contributed by atoms with Crippen molar-refractivity contribution in [1.29, 1.82) is 0 Å². The van der Waals surface area contributed by atoms with Gasteiger partial charge >= 0.3 is 6.18 Å². The molecule has 0 heterocycles. The summed E-state index contributed by atoms with van der Waals surface area (Å²) in [5, 5.41) is 9.07. The van der Waals surface area contributed by atoms with Gasteiger partial charge in [0, 0.05) is 0 Å². The van der Waals surface area contributed by atoms with Crippen LogP contribution >= 0.6 is 11.6 Å². The lowest BCUT2D eigenvalue weighted by Crippen LogP contribution is -2.16. The maximum atomic E-state index is 12.7. The van der Waals surface area contributed by atoms with Crippen molar-refractivity contribution in [2.24, 2.45) is 5.73 Å². The Morgan fingerprint density at radius 2 is 2.00 bits per heavy atom. The van der Waals surface area contributed by atoms with Crippen LogP contribution in [-0.2, 0) is 6.18 Å². The number of hydrogen-bond acceptors (Lipinski definition) is 2. The van der Waals surface area contributed by atoms with E-state index >= 15 is 0 Å². The molecule has 0 aliphatic rings. The van der Waals surface area contributed by atoms with Gasteiger partial charge in [-0.25, -0.2) is 0 Å². The van der Waals surface area contributed by atoms with Crippen molar-refractivity contribution in [2.45, 2.75) is 19.0 Å². The van der Waals surface area contributed by atoms with Crippen LogP contribution in [0.3, 0.4) is 0 Å². The first-order valence-corrected chi connectivity index (χ1v) is 4.94. The molecule has 0 saturated heterocycles. The average Bonchev–Trinajstić information content (AvgIpc) is 2.18. The van der Waals surface area contributed by atoms with Gasteiger partial charge in [-0.15, -0.1) is 0 Å². The molecule has 0 amide bonds. The molecular weight excluding hydrogens is 243 g/mol. The highest BCUT2D eigenvalue weighted by molar-refractivity contribution is 6.32. The Morgan fingerprint density at radius 1 is 1.44 bits per heavy atom. The molecule has 6 heteroatoms. The van der Waals surface area contributed by atoms with Crippen LogP contribution in [-0.4, -0.2) is 11.7 Å². The molecule has 90 valence electrons. The van der Waals surface area contributed by atoms with Crippen LogP contribution in [0.15, 0.2) is 12.1 Å². The zero-order valence-corrected chi connectivity index (χ0v) is 9.23. The van der Waals surface area contributed by atoms with E-state index in [4.69, 9.17) is 17.3 Å². The number of hydrogen-bond donors (Lipinski definition) is 2. The first kappa shape index (κ1) is 13.1. The van der Waals surface area contributed by atoms with E-state index in [1.807, 2.05) is 0 Å². The van der Waals surface area contributed by atoms with Gasteiger partial charge in [-0.1, -0.05) is 18.5 Å². The summed E-state index contributed by atoms with van der Waals surface area (Å²) < 4.78 is 38.0. The molecule has 1 atom stereocenters. The topological polar surface area (TPSA) is 46.2 Å². The first-order valence-electron chi connectivity index (χ1n) is 4.57. The Hall–Kier alpha value is -0.940. The molecule has 1 aromatic carbocycles. The van der Waals surface area contributed by atoms with Crippen LogP contribution in [0.5, 0.6) is 5.75 Å². The van der Waals surface area contributed by atoms with Gasteiger partial charge in [0.15, 0.2) is 0 Å². The van der Waals surface area contributed by atoms with Crippen LogP contribution in [0.1, 0.15) is 24.0 Å². The van der Waals surface area contributed by atoms with Crippen molar-refractivity contribution in [3.05, 3.63) is 28.3 Å². The molecule has 0 aliphatic heterocycles. The fraction of sp³-hybridized carbons (Fsp3) is 0.400. The Bertz CT molecular complexity index is 392. The highest BCUT2D eigenvalue weighted by atomic mass is 35.5. The molecule has 1 rings (SSSR count). The molecule has 0 radical (unpaired) electrons. The number of rotatable bonds is 2. The number of benzene rings is 1. The lowest BCUT2D eigenvalue weighted by molar-refractivity contribution is -0.138. The smallest absolute Gasteiger partial charge is 0.416 e. The minimum absolute atomic E-state index is 0.00204. The summed E-state index contributed by atoms with van der Waals surface area (Å²) in [6.07, 6.45) is -4.53. The molecule has 2 nitrogen and oxygen atoms in total. The van der Waals surface area contributed by atoms with Crippen LogP contribution in [0.4, 0.5) is 13.2 Å². The lowest BCUT2D eigenvalue weighted by Gasteiger charge is -2.18. The largest absolute Gasteiger partial charge is 0.506 e. The third kappa shape index (κ3) is 2.59. The molecule has 0 spiro atoms. The van der Waals surface area contributed by atoms with Gasteiger partial charge in [-0.2, -0.15) is 13.2 Å². The molecule has 0 aliphatic carbocycles. The van der Waals surface area contributed by atoms with Crippen molar-refractivity contribution in [3.8, 4) is 5.75 Å². The number of alkyl halides is 3. The van der Waals surface area contributed by atoms with E-state index in [2.05, 4.69) is 0 Å². The number of nitrogens with two attached hydrogens (primary N) is 1. The second-order valence-electron chi connectivity index (χ2n) is 3.53. The molecule has 0 saturated carbocycles. The predicted octanol–water partition coefficient (Wildman–Crippen LogP) is 3.13. The van der Waals surface area contributed by atoms with Gasteiger partial charge in [0.05, 0.1) is 10.6 Å². The molecular formula is C10H11ClF3NO. The summed E-state index contributed by atoms with van der Waals surface area (Å²) in [4.78, 5) is 0. The second-order valence-corrected chi connectivity index (χ2v) is 3.93. The van der Waals surface area contributed by atoms with E-state index in [0.717, 1.165) is 6.07 Å². The van der Waals surface area contributed by atoms with Crippen LogP contribution in [0.25, 0.3) is 0 Å². The number of aromatic hydroxyl groups is 1. The van der Waals surface area contributed by atoms with E-state index in [9.17, 15) is 18.3 Å². The Morgan fingerprint density at radius 3 is 2.44 bits per heavy atom. The Labute approximate surface area is 95.8 Å². The van der Waals surface area contributed by atoms with E-state index in [0.29, 0.717) is 6.07 Å². The highest BCUT2D eigenvalue weighted by Crippen LogP contribution is 2.39. The summed E-state index contributed by atoms with van der Waals surface area (Å²) in [5.41, 5.74) is 4.43. The summed E-state index contributed by atoms with van der Waals surface area (Å²) in [7, 11) is 0. The standard InChI is InChI=1S/C10H11ClF3NO/c1-5(4-15)6-2-8(11)9(16)3-7(6)10(12,13)14/h2-3,5,16H,4,15H2,1H3. The molecule has 3 N–H and O–H groups in total. The molecule has 16 heavy (non-hydrogen) atoms. The summed E-state index contributed by atoms with van der Waals surface area (Å²) in [6.45, 7) is 1.64.